The van der Waals surface area contributed by atoms with Gasteiger partial charge in [0.1, 0.15) is 5.75 Å². The number of ketones is 1. The third-order valence-corrected chi connectivity index (χ3v) is 3.41. The highest BCUT2D eigenvalue weighted by Crippen LogP contribution is 2.28. The van der Waals surface area contributed by atoms with Crippen molar-refractivity contribution in [1.29, 1.82) is 0 Å². The molecule has 1 aromatic heterocycles. The van der Waals surface area contributed by atoms with Crippen molar-refractivity contribution in [3.05, 3.63) is 78.1 Å². The van der Waals surface area contributed by atoms with E-state index in [1.807, 2.05) is 60.8 Å². The number of carbonyl (C=O) groups is 1. The van der Waals surface area contributed by atoms with E-state index in [4.69, 9.17) is 4.74 Å². The molecule has 0 fully saturated rings. The molecule has 3 nitrogen and oxygen atoms in total. The molecule has 0 aliphatic heterocycles. The van der Waals surface area contributed by atoms with Crippen LogP contribution in [0, 0.1) is 0 Å². The van der Waals surface area contributed by atoms with Gasteiger partial charge in [-0.2, -0.15) is 0 Å². The smallest absolute Gasteiger partial charge is 0.195 e. The molecule has 0 aliphatic carbocycles. The number of nitrogens with one attached hydrogen (secondary N) is 1. The number of methoxy groups -OCH3 is 1. The molecule has 0 spiro atoms. The van der Waals surface area contributed by atoms with Gasteiger partial charge in [0.15, 0.2) is 5.78 Å². The van der Waals surface area contributed by atoms with Crippen LogP contribution in [0.2, 0.25) is 0 Å². The molecule has 0 unspecified atom stereocenters. The zero-order valence-corrected chi connectivity index (χ0v) is 11.7. The Morgan fingerprint density at radius 2 is 1.81 bits per heavy atom. The maximum Gasteiger partial charge on any atom is 0.195 e. The molecule has 3 heteroatoms. The average Bonchev–Trinajstić information content (AvgIpc) is 3.04. The average molecular weight is 277 g/mol. The fourth-order valence-corrected chi connectivity index (χ4v) is 2.33. The molecule has 3 rings (SSSR count). The fraction of sp³-hybridized carbons (Fsp3) is 0.0556. The molecule has 0 amide bonds. The summed E-state index contributed by atoms with van der Waals surface area (Å²) in [5.74, 6) is 0.779. The van der Waals surface area contributed by atoms with Gasteiger partial charge in [-0.25, -0.2) is 0 Å². The van der Waals surface area contributed by atoms with Crippen LogP contribution in [0.4, 0.5) is 0 Å². The standard InChI is InChI=1S/C18H15NO2/c1-21-15-9-5-8-14(10-15)16-11-19-12-17(16)18(20)13-6-3-2-4-7-13/h2-12,19H,1H3. The summed E-state index contributed by atoms with van der Waals surface area (Å²) < 4.78 is 5.24. The number of H-pyrrole nitrogens is 1. The zero-order valence-electron chi connectivity index (χ0n) is 11.7. The largest absolute Gasteiger partial charge is 0.497 e. The van der Waals surface area contributed by atoms with Crippen LogP contribution in [0.3, 0.4) is 0 Å². The third-order valence-electron chi connectivity index (χ3n) is 3.41. The molecule has 0 bridgehead atoms. The summed E-state index contributed by atoms with van der Waals surface area (Å²) in [4.78, 5) is 15.6. The molecule has 3 aromatic rings. The number of benzene rings is 2. The molecule has 1 heterocycles. The minimum atomic E-state index is 0.00895. The first-order chi connectivity index (χ1) is 10.3. The summed E-state index contributed by atoms with van der Waals surface area (Å²) in [5.41, 5.74) is 3.17. The van der Waals surface area contributed by atoms with Crippen molar-refractivity contribution in [1.82, 2.24) is 4.98 Å². The number of rotatable bonds is 4. The summed E-state index contributed by atoms with van der Waals surface area (Å²) in [6.07, 6.45) is 3.58. The minimum absolute atomic E-state index is 0.00895. The van der Waals surface area contributed by atoms with Gasteiger partial charge in [-0.15, -0.1) is 0 Å². The zero-order chi connectivity index (χ0) is 14.7. The quantitative estimate of drug-likeness (QED) is 0.734. The lowest BCUT2D eigenvalue weighted by atomic mass is 9.98. The van der Waals surface area contributed by atoms with Crippen LogP contribution in [-0.4, -0.2) is 17.9 Å². The van der Waals surface area contributed by atoms with E-state index in [-0.39, 0.29) is 5.78 Å². The second-order valence-corrected chi connectivity index (χ2v) is 4.71. The highest BCUT2D eigenvalue weighted by Gasteiger charge is 2.15. The number of carbonyl (C=O) groups excluding carboxylic acids is 1. The van der Waals surface area contributed by atoms with Gasteiger partial charge in [-0.1, -0.05) is 42.5 Å². The van der Waals surface area contributed by atoms with Gasteiger partial charge in [0.25, 0.3) is 0 Å². The monoisotopic (exact) mass is 277 g/mol. The maximum absolute atomic E-state index is 12.6. The first kappa shape index (κ1) is 13.2. The normalized spacial score (nSPS) is 10.3. The van der Waals surface area contributed by atoms with Crippen molar-refractivity contribution in [2.45, 2.75) is 0 Å². The SMILES string of the molecule is COc1cccc(-c2c[nH]cc2C(=O)c2ccccc2)c1. The predicted molar refractivity (Wildman–Crippen MR) is 82.7 cm³/mol. The van der Waals surface area contributed by atoms with E-state index >= 15 is 0 Å². The molecular weight excluding hydrogens is 262 g/mol. The lowest BCUT2D eigenvalue weighted by molar-refractivity contribution is 0.103. The predicted octanol–water partition coefficient (Wildman–Crippen LogP) is 3.92. The van der Waals surface area contributed by atoms with E-state index in [2.05, 4.69) is 4.98 Å². The van der Waals surface area contributed by atoms with Crippen LogP contribution in [-0.2, 0) is 0 Å². The molecule has 0 radical (unpaired) electrons. The number of hydrogen-bond donors (Lipinski definition) is 1. The van der Waals surface area contributed by atoms with Crippen molar-refractivity contribution >= 4 is 5.78 Å². The van der Waals surface area contributed by atoms with E-state index in [0.29, 0.717) is 11.1 Å². The van der Waals surface area contributed by atoms with Crippen LogP contribution in [0.25, 0.3) is 11.1 Å². The minimum Gasteiger partial charge on any atom is -0.497 e. The third kappa shape index (κ3) is 2.58. The van der Waals surface area contributed by atoms with Crippen LogP contribution < -0.4 is 4.74 Å². The topological polar surface area (TPSA) is 42.1 Å². The molecule has 2 aromatic carbocycles. The summed E-state index contributed by atoms with van der Waals surface area (Å²) in [5, 5.41) is 0. The van der Waals surface area contributed by atoms with Crippen LogP contribution in [0.5, 0.6) is 5.75 Å². The Morgan fingerprint density at radius 1 is 1.00 bits per heavy atom. The van der Waals surface area contributed by atoms with Crippen molar-refractivity contribution in [3.8, 4) is 16.9 Å². The highest BCUT2D eigenvalue weighted by molar-refractivity contribution is 6.12. The molecule has 21 heavy (non-hydrogen) atoms. The van der Waals surface area contributed by atoms with Crippen molar-refractivity contribution in [3.63, 3.8) is 0 Å². The van der Waals surface area contributed by atoms with Gasteiger partial charge in [0.05, 0.1) is 7.11 Å². The van der Waals surface area contributed by atoms with E-state index in [1.54, 1.807) is 13.3 Å². The van der Waals surface area contributed by atoms with Crippen LogP contribution in [0.15, 0.2) is 67.0 Å². The fourth-order valence-electron chi connectivity index (χ4n) is 2.33. The molecule has 0 saturated heterocycles. The number of aromatic amines is 1. The van der Waals surface area contributed by atoms with Gasteiger partial charge in [-0.3, -0.25) is 4.79 Å². The number of ether oxygens (including phenoxy) is 1. The lowest BCUT2D eigenvalue weighted by Crippen LogP contribution is -2.01. The first-order valence-corrected chi connectivity index (χ1v) is 6.70. The van der Waals surface area contributed by atoms with Crippen molar-refractivity contribution in [2.75, 3.05) is 7.11 Å². The van der Waals surface area contributed by atoms with Gasteiger partial charge in [0.2, 0.25) is 0 Å². The Kier molecular flexibility index (Phi) is 3.56. The summed E-state index contributed by atoms with van der Waals surface area (Å²) in [6.45, 7) is 0. The van der Waals surface area contributed by atoms with Crippen molar-refractivity contribution < 1.29 is 9.53 Å². The Bertz CT molecular complexity index is 760. The molecule has 104 valence electrons. The molecule has 0 atom stereocenters. The Balaban J connectivity index is 2.03. The van der Waals surface area contributed by atoms with Gasteiger partial charge in [0, 0.05) is 29.1 Å². The van der Waals surface area contributed by atoms with E-state index < -0.39 is 0 Å². The summed E-state index contributed by atoms with van der Waals surface area (Å²) in [7, 11) is 1.63. The Labute approximate surface area is 123 Å². The first-order valence-electron chi connectivity index (χ1n) is 6.70. The Hall–Kier alpha value is -2.81. The maximum atomic E-state index is 12.6. The van der Waals surface area contributed by atoms with Gasteiger partial charge < -0.3 is 9.72 Å². The number of hydrogen-bond acceptors (Lipinski definition) is 2. The second kappa shape index (κ2) is 5.67. The molecular formula is C18H15NO2. The van der Waals surface area contributed by atoms with Crippen LogP contribution >= 0.6 is 0 Å². The Morgan fingerprint density at radius 3 is 2.57 bits per heavy atom. The van der Waals surface area contributed by atoms with E-state index in [1.165, 1.54) is 0 Å². The molecule has 0 saturated carbocycles. The van der Waals surface area contributed by atoms with Gasteiger partial charge in [-0.05, 0) is 17.7 Å². The summed E-state index contributed by atoms with van der Waals surface area (Å²) in [6, 6.07) is 17.0. The lowest BCUT2D eigenvalue weighted by Gasteiger charge is -2.06. The molecule has 1 N–H and O–H groups in total. The van der Waals surface area contributed by atoms with E-state index in [0.717, 1.165) is 16.9 Å². The van der Waals surface area contributed by atoms with Crippen molar-refractivity contribution in [2.24, 2.45) is 0 Å². The molecule has 0 aliphatic rings. The van der Waals surface area contributed by atoms with Crippen LogP contribution in [0.1, 0.15) is 15.9 Å². The second-order valence-electron chi connectivity index (χ2n) is 4.71. The highest BCUT2D eigenvalue weighted by atomic mass is 16.5. The van der Waals surface area contributed by atoms with E-state index in [9.17, 15) is 4.79 Å². The number of aromatic nitrogens is 1. The summed E-state index contributed by atoms with van der Waals surface area (Å²) >= 11 is 0. The van der Waals surface area contributed by atoms with Gasteiger partial charge >= 0.3 is 0 Å².